The van der Waals surface area contributed by atoms with E-state index in [2.05, 4.69) is 29.6 Å². The average Bonchev–Trinajstić information content (AvgIpc) is 2.98. The molecule has 3 rings (SSSR count). The van der Waals surface area contributed by atoms with E-state index >= 15 is 0 Å². The highest BCUT2D eigenvalue weighted by Gasteiger charge is 2.26. The van der Waals surface area contributed by atoms with Crippen LogP contribution in [0.15, 0.2) is 29.6 Å². The zero-order valence-electron chi connectivity index (χ0n) is 8.93. The second kappa shape index (κ2) is 4.40. The van der Waals surface area contributed by atoms with Crippen molar-refractivity contribution in [2.75, 3.05) is 11.5 Å². The summed E-state index contributed by atoms with van der Waals surface area (Å²) in [6, 6.07) is 8.37. The molecule has 0 bridgehead atoms. The Kier molecular flexibility index (Phi) is 2.92. The van der Waals surface area contributed by atoms with Crippen LogP contribution in [0.5, 0.6) is 0 Å². The van der Waals surface area contributed by atoms with E-state index in [-0.39, 0.29) is 6.10 Å². The summed E-state index contributed by atoms with van der Waals surface area (Å²) >= 11 is 3.69. The van der Waals surface area contributed by atoms with Gasteiger partial charge in [0.15, 0.2) is 0 Å². The van der Waals surface area contributed by atoms with Crippen LogP contribution < -0.4 is 0 Å². The molecule has 1 N–H and O–H groups in total. The summed E-state index contributed by atoms with van der Waals surface area (Å²) in [5.41, 5.74) is 1.12. The first-order chi connectivity index (χ1) is 7.86. The van der Waals surface area contributed by atoms with E-state index in [1.807, 2.05) is 11.8 Å². The number of thiophene rings is 1. The lowest BCUT2D eigenvalue weighted by molar-refractivity contribution is 0.123. The largest absolute Gasteiger partial charge is 0.388 e. The van der Waals surface area contributed by atoms with Crippen LogP contribution in [0.4, 0.5) is 0 Å². The molecule has 16 heavy (non-hydrogen) atoms. The second-order valence-electron chi connectivity index (χ2n) is 4.25. The zero-order valence-corrected chi connectivity index (χ0v) is 10.6. The van der Waals surface area contributed by atoms with Crippen molar-refractivity contribution in [3.63, 3.8) is 0 Å². The van der Waals surface area contributed by atoms with Crippen molar-refractivity contribution in [2.24, 2.45) is 5.92 Å². The van der Waals surface area contributed by atoms with Crippen molar-refractivity contribution in [3.8, 4) is 0 Å². The second-order valence-corrected chi connectivity index (χ2v) is 6.32. The van der Waals surface area contributed by atoms with Crippen LogP contribution in [-0.2, 0) is 0 Å². The number of thioether (sulfide) groups is 1. The van der Waals surface area contributed by atoms with Crippen LogP contribution in [-0.4, -0.2) is 16.6 Å². The normalized spacial score (nSPS) is 22.7. The van der Waals surface area contributed by atoms with E-state index in [1.165, 1.54) is 15.8 Å². The van der Waals surface area contributed by atoms with Crippen molar-refractivity contribution >= 4 is 33.2 Å². The minimum absolute atomic E-state index is 0.280. The molecule has 0 amide bonds. The van der Waals surface area contributed by atoms with Gasteiger partial charge < -0.3 is 5.11 Å². The van der Waals surface area contributed by atoms with Gasteiger partial charge >= 0.3 is 0 Å². The number of hydrogen-bond acceptors (Lipinski definition) is 3. The molecule has 1 nitrogen and oxygen atoms in total. The van der Waals surface area contributed by atoms with E-state index < -0.39 is 0 Å². The van der Waals surface area contributed by atoms with Crippen molar-refractivity contribution in [1.29, 1.82) is 0 Å². The maximum atomic E-state index is 10.4. The summed E-state index contributed by atoms with van der Waals surface area (Å²) < 4.78 is 1.26. The maximum absolute atomic E-state index is 10.4. The van der Waals surface area contributed by atoms with Crippen LogP contribution >= 0.6 is 23.1 Å². The van der Waals surface area contributed by atoms with Gasteiger partial charge in [-0.3, -0.25) is 0 Å². The molecular formula is C13H14OS2. The molecule has 2 aromatic rings. The molecule has 1 fully saturated rings. The van der Waals surface area contributed by atoms with Crippen LogP contribution in [0.25, 0.3) is 10.1 Å². The SMILES string of the molecule is OC(c1cccc2ccsc12)C1CCSC1. The molecule has 3 heteroatoms. The molecule has 1 aromatic heterocycles. The van der Waals surface area contributed by atoms with Gasteiger partial charge in [0, 0.05) is 4.70 Å². The average molecular weight is 250 g/mol. The molecule has 2 atom stereocenters. The molecule has 0 radical (unpaired) electrons. The van der Waals surface area contributed by atoms with Gasteiger partial charge in [-0.05, 0) is 46.2 Å². The standard InChI is InChI=1S/C13H14OS2/c14-12(10-4-6-15-8-10)11-3-1-2-9-5-7-16-13(9)11/h1-3,5,7,10,12,14H,4,6,8H2. The fourth-order valence-electron chi connectivity index (χ4n) is 2.30. The molecule has 2 heterocycles. The number of aliphatic hydroxyl groups excluding tert-OH is 1. The predicted molar refractivity (Wildman–Crippen MR) is 72.2 cm³/mol. The minimum atomic E-state index is -0.280. The monoisotopic (exact) mass is 250 g/mol. The molecule has 1 saturated heterocycles. The third kappa shape index (κ3) is 1.77. The molecule has 1 aromatic carbocycles. The van der Waals surface area contributed by atoms with E-state index in [4.69, 9.17) is 0 Å². The van der Waals surface area contributed by atoms with Crippen molar-refractivity contribution < 1.29 is 5.11 Å². The summed E-state index contributed by atoms with van der Waals surface area (Å²) in [5.74, 6) is 2.74. The Balaban J connectivity index is 2.00. The molecule has 0 spiro atoms. The fourth-order valence-corrected chi connectivity index (χ4v) is 4.54. The number of rotatable bonds is 2. The third-order valence-electron chi connectivity index (χ3n) is 3.24. The van der Waals surface area contributed by atoms with E-state index in [0.717, 1.165) is 17.7 Å². The summed E-state index contributed by atoms with van der Waals surface area (Å²) in [7, 11) is 0. The Morgan fingerprint density at radius 3 is 3.06 bits per heavy atom. The van der Waals surface area contributed by atoms with Gasteiger partial charge in [0.2, 0.25) is 0 Å². The molecule has 1 aliphatic rings. The van der Waals surface area contributed by atoms with Gasteiger partial charge in [-0.2, -0.15) is 11.8 Å². The quantitative estimate of drug-likeness (QED) is 0.877. The zero-order chi connectivity index (χ0) is 11.0. The number of aliphatic hydroxyl groups is 1. The fraction of sp³-hybridized carbons (Fsp3) is 0.385. The lowest BCUT2D eigenvalue weighted by Gasteiger charge is -2.18. The summed E-state index contributed by atoms with van der Waals surface area (Å²) in [4.78, 5) is 0. The predicted octanol–water partition coefficient (Wildman–Crippen LogP) is 3.69. The van der Waals surface area contributed by atoms with Gasteiger partial charge in [0.1, 0.15) is 0 Å². The number of benzene rings is 1. The highest BCUT2D eigenvalue weighted by Crippen LogP contribution is 2.38. The molecule has 2 unspecified atom stereocenters. The van der Waals surface area contributed by atoms with Gasteiger partial charge in [0.25, 0.3) is 0 Å². The topological polar surface area (TPSA) is 20.2 Å². The summed E-state index contributed by atoms with van der Waals surface area (Å²) in [6.45, 7) is 0. The summed E-state index contributed by atoms with van der Waals surface area (Å²) in [5, 5.41) is 13.8. The van der Waals surface area contributed by atoms with Crippen LogP contribution in [0.3, 0.4) is 0 Å². The summed E-state index contributed by atoms with van der Waals surface area (Å²) in [6.07, 6.45) is 0.866. The molecule has 1 aliphatic heterocycles. The Labute approximate surface area is 103 Å². The van der Waals surface area contributed by atoms with Crippen LogP contribution in [0.1, 0.15) is 18.1 Å². The first kappa shape index (κ1) is 10.6. The smallest absolute Gasteiger partial charge is 0.0840 e. The molecule has 84 valence electrons. The van der Waals surface area contributed by atoms with E-state index in [1.54, 1.807) is 11.3 Å². The van der Waals surface area contributed by atoms with Gasteiger partial charge in [-0.15, -0.1) is 11.3 Å². The van der Waals surface area contributed by atoms with Crippen LogP contribution in [0.2, 0.25) is 0 Å². The highest BCUT2D eigenvalue weighted by atomic mass is 32.2. The minimum Gasteiger partial charge on any atom is -0.388 e. The van der Waals surface area contributed by atoms with Gasteiger partial charge in [0.05, 0.1) is 6.10 Å². The first-order valence-corrected chi connectivity index (χ1v) is 7.61. The van der Waals surface area contributed by atoms with Crippen molar-refractivity contribution in [2.45, 2.75) is 12.5 Å². The van der Waals surface area contributed by atoms with Gasteiger partial charge in [-0.25, -0.2) is 0 Å². The van der Waals surface area contributed by atoms with Crippen molar-refractivity contribution in [1.82, 2.24) is 0 Å². The van der Waals surface area contributed by atoms with Crippen LogP contribution in [0, 0.1) is 5.92 Å². The van der Waals surface area contributed by atoms with E-state index in [0.29, 0.717) is 5.92 Å². The lowest BCUT2D eigenvalue weighted by Crippen LogP contribution is -2.11. The molecule has 0 saturated carbocycles. The Morgan fingerprint density at radius 1 is 1.31 bits per heavy atom. The molecule has 0 aliphatic carbocycles. The third-order valence-corrected chi connectivity index (χ3v) is 5.41. The van der Waals surface area contributed by atoms with Crippen molar-refractivity contribution in [3.05, 3.63) is 35.2 Å². The van der Waals surface area contributed by atoms with E-state index in [9.17, 15) is 5.11 Å². The van der Waals surface area contributed by atoms with Gasteiger partial charge in [-0.1, -0.05) is 18.2 Å². The molecular weight excluding hydrogens is 236 g/mol. The lowest BCUT2D eigenvalue weighted by atomic mass is 9.95. The maximum Gasteiger partial charge on any atom is 0.0840 e. The first-order valence-electron chi connectivity index (χ1n) is 5.58. The number of hydrogen-bond donors (Lipinski definition) is 1. The number of fused-ring (bicyclic) bond motifs is 1. The Bertz CT molecular complexity index is 485. The Morgan fingerprint density at radius 2 is 2.25 bits per heavy atom. The highest BCUT2D eigenvalue weighted by molar-refractivity contribution is 7.99. The Hall–Kier alpha value is -0.510.